The summed E-state index contributed by atoms with van der Waals surface area (Å²) in [6.45, 7) is 0. The fraction of sp³-hybridized carbons (Fsp3) is 0.0769. The van der Waals surface area contributed by atoms with Crippen molar-refractivity contribution in [3.05, 3.63) is 56.8 Å². The van der Waals surface area contributed by atoms with Gasteiger partial charge in [-0.2, -0.15) is 0 Å². The van der Waals surface area contributed by atoms with Gasteiger partial charge in [0.25, 0.3) is 6.43 Å². The summed E-state index contributed by atoms with van der Waals surface area (Å²) in [6, 6.07) is 5.66. The molecule has 6 heteroatoms. The second-order valence-electron chi connectivity index (χ2n) is 3.78. The van der Waals surface area contributed by atoms with E-state index in [0.29, 0.717) is 0 Å². The molecule has 0 aromatic heterocycles. The molecule has 0 atom stereocenters. The lowest BCUT2D eigenvalue weighted by Gasteiger charge is -2.12. The summed E-state index contributed by atoms with van der Waals surface area (Å²) in [4.78, 5) is 0. The number of halogens is 6. The van der Waals surface area contributed by atoms with Crippen molar-refractivity contribution in [2.75, 3.05) is 0 Å². The number of benzene rings is 2. The van der Waals surface area contributed by atoms with Crippen LogP contribution in [0.1, 0.15) is 12.0 Å². The van der Waals surface area contributed by atoms with Crippen molar-refractivity contribution in [1.29, 1.82) is 0 Å². The summed E-state index contributed by atoms with van der Waals surface area (Å²) in [5.41, 5.74) is -0.105. The summed E-state index contributed by atoms with van der Waals surface area (Å²) in [6.07, 6.45) is -2.75. The largest absolute Gasteiger partial charge is 0.264 e. The molecule has 0 heterocycles. The fourth-order valence-electron chi connectivity index (χ4n) is 1.68. The van der Waals surface area contributed by atoms with Gasteiger partial charge in [-0.1, -0.05) is 34.8 Å². The molecule has 0 unspecified atom stereocenters. The normalized spacial score (nSPS) is 11.1. The van der Waals surface area contributed by atoms with Crippen molar-refractivity contribution in [3.63, 3.8) is 0 Å². The summed E-state index contributed by atoms with van der Waals surface area (Å²) < 4.78 is 39.1. The number of hydrogen-bond acceptors (Lipinski definition) is 0. The lowest BCUT2D eigenvalue weighted by molar-refractivity contribution is 0.152. The van der Waals surface area contributed by atoms with Gasteiger partial charge in [0.1, 0.15) is 5.82 Å². The maximum absolute atomic E-state index is 13.3. The Bertz CT molecular complexity index is 627. The number of rotatable bonds is 2. The molecule has 0 nitrogen and oxygen atoms in total. The van der Waals surface area contributed by atoms with Crippen LogP contribution in [-0.2, 0) is 0 Å². The standard InChI is InChI=1S/C13H6Cl3F3/c14-10-5-12(16)11(15)4-9(10)8-3-6(17)1-2-7(8)13(18)19/h1-5,13H. The zero-order valence-corrected chi connectivity index (χ0v) is 11.5. The molecule has 0 saturated heterocycles. The van der Waals surface area contributed by atoms with Gasteiger partial charge in [-0.05, 0) is 35.9 Å². The van der Waals surface area contributed by atoms with Gasteiger partial charge in [0.05, 0.1) is 10.0 Å². The summed E-state index contributed by atoms with van der Waals surface area (Å²) >= 11 is 17.6. The van der Waals surface area contributed by atoms with Gasteiger partial charge in [-0.15, -0.1) is 0 Å². The van der Waals surface area contributed by atoms with E-state index >= 15 is 0 Å². The molecule has 0 bridgehead atoms. The number of alkyl halides is 2. The SMILES string of the molecule is Fc1ccc(C(F)F)c(-c2cc(Cl)c(Cl)cc2Cl)c1. The summed E-state index contributed by atoms with van der Waals surface area (Å²) in [7, 11) is 0. The molecule has 2 aromatic carbocycles. The molecule has 0 N–H and O–H groups in total. The lowest BCUT2D eigenvalue weighted by Crippen LogP contribution is -1.93. The molecule has 0 fully saturated rings. The lowest BCUT2D eigenvalue weighted by atomic mass is 9.99. The van der Waals surface area contributed by atoms with E-state index < -0.39 is 12.2 Å². The van der Waals surface area contributed by atoms with Crippen molar-refractivity contribution in [2.24, 2.45) is 0 Å². The highest BCUT2D eigenvalue weighted by atomic mass is 35.5. The van der Waals surface area contributed by atoms with Crippen LogP contribution >= 0.6 is 34.8 Å². The molecule has 0 aliphatic rings. The van der Waals surface area contributed by atoms with Gasteiger partial charge in [-0.3, -0.25) is 0 Å². The predicted molar refractivity (Wildman–Crippen MR) is 71.8 cm³/mol. The van der Waals surface area contributed by atoms with Crippen molar-refractivity contribution >= 4 is 34.8 Å². The minimum Gasteiger partial charge on any atom is -0.207 e. The monoisotopic (exact) mass is 324 g/mol. The molecule has 0 aliphatic heterocycles. The first kappa shape index (κ1) is 14.5. The van der Waals surface area contributed by atoms with Gasteiger partial charge in [-0.25, -0.2) is 13.2 Å². The van der Waals surface area contributed by atoms with E-state index in [4.69, 9.17) is 34.8 Å². The molecule has 0 saturated carbocycles. The highest BCUT2D eigenvalue weighted by molar-refractivity contribution is 6.44. The molecule has 0 aliphatic carbocycles. The Morgan fingerprint density at radius 3 is 2.05 bits per heavy atom. The second kappa shape index (κ2) is 5.61. The average molecular weight is 326 g/mol. The molecular weight excluding hydrogens is 319 g/mol. The maximum atomic E-state index is 13.3. The zero-order valence-electron chi connectivity index (χ0n) is 9.23. The third kappa shape index (κ3) is 2.99. The molecule has 100 valence electrons. The molecule has 19 heavy (non-hydrogen) atoms. The van der Waals surface area contributed by atoms with Crippen LogP contribution in [0.15, 0.2) is 30.3 Å². The molecule has 0 amide bonds. The van der Waals surface area contributed by atoms with Crippen molar-refractivity contribution < 1.29 is 13.2 Å². The third-order valence-electron chi connectivity index (χ3n) is 2.55. The van der Waals surface area contributed by atoms with Crippen molar-refractivity contribution in [1.82, 2.24) is 0 Å². The Balaban J connectivity index is 2.71. The third-order valence-corrected chi connectivity index (χ3v) is 3.59. The van der Waals surface area contributed by atoms with E-state index in [1.165, 1.54) is 12.1 Å². The van der Waals surface area contributed by atoms with Crippen LogP contribution < -0.4 is 0 Å². The van der Waals surface area contributed by atoms with Gasteiger partial charge in [0.15, 0.2) is 0 Å². The van der Waals surface area contributed by atoms with E-state index in [1.54, 1.807) is 0 Å². The Kier molecular flexibility index (Phi) is 4.29. The Morgan fingerprint density at radius 1 is 0.789 bits per heavy atom. The maximum Gasteiger partial charge on any atom is 0.264 e. The van der Waals surface area contributed by atoms with Gasteiger partial charge < -0.3 is 0 Å². The van der Waals surface area contributed by atoms with Gasteiger partial charge in [0.2, 0.25) is 0 Å². The topological polar surface area (TPSA) is 0 Å². The van der Waals surface area contributed by atoms with Crippen molar-refractivity contribution in [2.45, 2.75) is 6.43 Å². The van der Waals surface area contributed by atoms with E-state index in [0.717, 1.165) is 18.2 Å². The molecule has 2 aromatic rings. The molecule has 0 spiro atoms. The van der Waals surface area contributed by atoms with Crippen LogP contribution in [0.5, 0.6) is 0 Å². The van der Waals surface area contributed by atoms with E-state index in [9.17, 15) is 13.2 Å². The van der Waals surface area contributed by atoms with Gasteiger partial charge in [0, 0.05) is 16.1 Å². The second-order valence-corrected chi connectivity index (χ2v) is 5.00. The first-order chi connectivity index (χ1) is 8.90. The van der Waals surface area contributed by atoms with Crippen LogP contribution in [0.3, 0.4) is 0 Å². The highest BCUT2D eigenvalue weighted by Crippen LogP contribution is 2.39. The summed E-state index contributed by atoms with van der Waals surface area (Å²) in [5, 5.41) is 0.484. The molecular formula is C13H6Cl3F3. The Hall–Kier alpha value is -0.900. The Morgan fingerprint density at radius 2 is 1.42 bits per heavy atom. The van der Waals surface area contributed by atoms with E-state index in [-0.39, 0.29) is 31.8 Å². The Labute approximate surface area is 122 Å². The van der Waals surface area contributed by atoms with Crippen LogP contribution in [-0.4, -0.2) is 0 Å². The first-order valence-electron chi connectivity index (χ1n) is 5.12. The molecule has 2 rings (SSSR count). The number of hydrogen-bond donors (Lipinski definition) is 0. The van der Waals surface area contributed by atoms with Crippen LogP contribution in [0, 0.1) is 5.82 Å². The van der Waals surface area contributed by atoms with Crippen molar-refractivity contribution in [3.8, 4) is 11.1 Å². The molecule has 0 radical (unpaired) electrons. The van der Waals surface area contributed by atoms with Crippen LogP contribution in [0.25, 0.3) is 11.1 Å². The predicted octanol–water partition coefficient (Wildman–Crippen LogP) is 6.39. The average Bonchev–Trinajstić information content (AvgIpc) is 2.33. The highest BCUT2D eigenvalue weighted by Gasteiger charge is 2.18. The van der Waals surface area contributed by atoms with Crippen LogP contribution in [0.2, 0.25) is 15.1 Å². The van der Waals surface area contributed by atoms with E-state index in [2.05, 4.69) is 0 Å². The summed E-state index contributed by atoms with van der Waals surface area (Å²) in [5.74, 6) is -0.637. The smallest absolute Gasteiger partial charge is 0.207 e. The zero-order chi connectivity index (χ0) is 14.2. The minimum atomic E-state index is -2.75. The minimum absolute atomic E-state index is 0.00133. The van der Waals surface area contributed by atoms with E-state index in [1.807, 2.05) is 0 Å². The van der Waals surface area contributed by atoms with Gasteiger partial charge >= 0.3 is 0 Å². The first-order valence-corrected chi connectivity index (χ1v) is 6.26. The van der Waals surface area contributed by atoms with Crippen LogP contribution in [0.4, 0.5) is 13.2 Å². The fourth-order valence-corrected chi connectivity index (χ4v) is 2.33. The quantitative estimate of drug-likeness (QED) is 0.561.